The van der Waals surface area contributed by atoms with Crippen molar-refractivity contribution in [3.8, 4) is 0 Å². The second-order valence-electron chi connectivity index (χ2n) is 3.52. The zero-order chi connectivity index (χ0) is 9.19. The molecular formula is C8H16N2O2. The molecule has 1 rings (SSSR count). The van der Waals surface area contributed by atoms with Gasteiger partial charge in [0.15, 0.2) is 0 Å². The van der Waals surface area contributed by atoms with Crippen LogP contribution in [0.1, 0.15) is 20.3 Å². The van der Waals surface area contributed by atoms with Crippen LogP contribution < -0.4 is 5.73 Å². The minimum atomic E-state index is -0.244. The van der Waals surface area contributed by atoms with Crippen molar-refractivity contribution in [2.45, 2.75) is 25.8 Å². The molecule has 0 saturated carbocycles. The van der Waals surface area contributed by atoms with Gasteiger partial charge in [-0.2, -0.15) is 0 Å². The molecule has 12 heavy (non-hydrogen) atoms. The molecule has 0 aromatic carbocycles. The summed E-state index contributed by atoms with van der Waals surface area (Å²) >= 11 is 0. The van der Waals surface area contributed by atoms with Gasteiger partial charge in [0.1, 0.15) is 0 Å². The van der Waals surface area contributed by atoms with Crippen LogP contribution in [0.2, 0.25) is 0 Å². The molecule has 4 heteroatoms. The monoisotopic (exact) mass is 172 g/mol. The van der Waals surface area contributed by atoms with Crippen molar-refractivity contribution in [2.75, 3.05) is 19.7 Å². The molecule has 1 unspecified atom stereocenters. The van der Waals surface area contributed by atoms with Crippen LogP contribution in [0.4, 0.5) is 4.79 Å². The van der Waals surface area contributed by atoms with Crippen LogP contribution in [-0.4, -0.2) is 36.2 Å². The Morgan fingerprint density at radius 1 is 1.75 bits per heavy atom. The van der Waals surface area contributed by atoms with Gasteiger partial charge in [-0.3, -0.25) is 0 Å². The first-order valence-corrected chi connectivity index (χ1v) is 4.26. The number of carbonyl (C=O) groups excluding carboxylic acids is 1. The van der Waals surface area contributed by atoms with E-state index in [2.05, 4.69) is 0 Å². The molecular weight excluding hydrogens is 156 g/mol. The van der Waals surface area contributed by atoms with E-state index in [-0.39, 0.29) is 11.6 Å². The Morgan fingerprint density at radius 3 is 2.83 bits per heavy atom. The van der Waals surface area contributed by atoms with Crippen molar-refractivity contribution in [1.82, 2.24) is 4.90 Å². The molecule has 0 aliphatic carbocycles. The number of hydrogen-bond acceptors (Lipinski definition) is 3. The number of likely N-dealkylation sites (tertiary alicyclic amines) is 1. The number of nitrogens with zero attached hydrogens (tertiary/aromatic N) is 1. The second-order valence-corrected chi connectivity index (χ2v) is 3.52. The fourth-order valence-electron chi connectivity index (χ4n) is 1.36. The van der Waals surface area contributed by atoms with Gasteiger partial charge >= 0.3 is 6.09 Å². The lowest BCUT2D eigenvalue weighted by molar-refractivity contribution is 0.114. The first-order valence-electron chi connectivity index (χ1n) is 4.26. The lowest BCUT2D eigenvalue weighted by Crippen LogP contribution is -2.40. The highest BCUT2D eigenvalue weighted by atomic mass is 16.6. The van der Waals surface area contributed by atoms with Gasteiger partial charge in [0.05, 0.1) is 6.61 Å². The fraction of sp³-hybridized carbons (Fsp3) is 0.875. The number of hydrogen-bond donors (Lipinski definition) is 1. The van der Waals surface area contributed by atoms with E-state index in [1.807, 2.05) is 6.92 Å². The summed E-state index contributed by atoms with van der Waals surface area (Å²) in [7, 11) is 0. The van der Waals surface area contributed by atoms with Crippen LogP contribution in [0.25, 0.3) is 0 Å². The number of rotatable bonds is 1. The third kappa shape index (κ3) is 2.11. The Labute approximate surface area is 72.7 Å². The zero-order valence-electron chi connectivity index (χ0n) is 7.67. The van der Waals surface area contributed by atoms with E-state index in [0.717, 1.165) is 6.42 Å². The molecule has 70 valence electrons. The van der Waals surface area contributed by atoms with Crippen molar-refractivity contribution in [3.63, 3.8) is 0 Å². The Balaban J connectivity index is 2.41. The molecule has 0 radical (unpaired) electrons. The van der Waals surface area contributed by atoms with E-state index >= 15 is 0 Å². The Bertz CT molecular complexity index is 180. The van der Waals surface area contributed by atoms with Crippen LogP contribution in [0.15, 0.2) is 0 Å². The van der Waals surface area contributed by atoms with Gasteiger partial charge in [-0.05, 0) is 20.3 Å². The summed E-state index contributed by atoms with van der Waals surface area (Å²) in [5, 5.41) is 0. The predicted molar refractivity (Wildman–Crippen MR) is 45.8 cm³/mol. The number of nitrogens with two attached hydrogens (primary N) is 1. The second kappa shape index (κ2) is 3.31. The summed E-state index contributed by atoms with van der Waals surface area (Å²) in [6, 6.07) is 0. The van der Waals surface area contributed by atoms with Gasteiger partial charge in [0, 0.05) is 18.6 Å². The topological polar surface area (TPSA) is 55.6 Å². The average molecular weight is 172 g/mol. The molecule has 1 aliphatic heterocycles. The highest BCUT2D eigenvalue weighted by Gasteiger charge is 2.33. The Kier molecular flexibility index (Phi) is 2.57. The molecule has 1 aliphatic rings. The van der Waals surface area contributed by atoms with Gasteiger partial charge < -0.3 is 15.4 Å². The lowest BCUT2D eigenvalue weighted by Gasteiger charge is -2.18. The highest BCUT2D eigenvalue weighted by molar-refractivity contribution is 5.68. The molecule has 0 spiro atoms. The van der Waals surface area contributed by atoms with Gasteiger partial charge in [-0.1, -0.05) is 0 Å². The first kappa shape index (κ1) is 9.32. The largest absolute Gasteiger partial charge is 0.450 e. The number of amides is 1. The van der Waals surface area contributed by atoms with Crippen molar-refractivity contribution in [3.05, 3.63) is 0 Å². The molecule has 2 N–H and O–H groups in total. The van der Waals surface area contributed by atoms with Crippen LogP contribution in [0, 0.1) is 0 Å². The quantitative estimate of drug-likeness (QED) is 0.629. The van der Waals surface area contributed by atoms with Gasteiger partial charge in [-0.25, -0.2) is 4.79 Å². The van der Waals surface area contributed by atoms with E-state index in [9.17, 15) is 4.79 Å². The maximum atomic E-state index is 11.2. The summed E-state index contributed by atoms with van der Waals surface area (Å²) in [4.78, 5) is 12.8. The molecule has 0 aromatic heterocycles. The predicted octanol–water partition coefficient (Wildman–Crippen LogP) is 0.566. The normalized spacial score (nSPS) is 29.1. The van der Waals surface area contributed by atoms with Crippen LogP contribution in [0.3, 0.4) is 0 Å². The van der Waals surface area contributed by atoms with Crippen LogP contribution >= 0.6 is 0 Å². The highest BCUT2D eigenvalue weighted by Crippen LogP contribution is 2.18. The van der Waals surface area contributed by atoms with E-state index in [1.165, 1.54) is 0 Å². The number of ether oxygens (including phenoxy) is 1. The third-order valence-electron chi connectivity index (χ3n) is 2.03. The smallest absolute Gasteiger partial charge is 0.409 e. The van der Waals surface area contributed by atoms with E-state index < -0.39 is 0 Å². The zero-order valence-corrected chi connectivity index (χ0v) is 7.67. The van der Waals surface area contributed by atoms with Crippen molar-refractivity contribution in [2.24, 2.45) is 5.73 Å². The molecule has 1 fully saturated rings. The summed E-state index contributed by atoms with van der Waals surface area (Å²) in [5.74, 6) is 0. The lowest BCUT2D eigenvalue weighted by atomic mass is 10.0. The molecule has 1 atom stereocenters. The molecule has 1 heterocycles. The first-order chi connectivity index (χ1) is 5.55. The van der Waals surface area contributed by atoms with Gasteiger partial charge in [0.2, 0.25) is 0 Å². The molecule has 0 aromatic rings. The maximum absolute atomic E-state index is 11.2. The molecule has 0 bridgehead atoms. The van der Waals surface area contributed by atoms with E-state index in [1.54, 1.807) is 11.8 Å². The molecule has 1 amide bonds. The third-order valence-corrected chi connectivity index (χ3v) is 2.03. The summed E-state index contributed by atoms with van der Waals surface area (Å²) in [5.41, 5.74) is 5.62. The van der Waals surface area contributed by atoms with E-state index in [0.29, 0.717) is 19.7 Å². The Hall–Kier alpha value is -0.770. The maximum Gasteiger partial charge on any atom is 0.409 e. The molecule has 4 nitrogen and oxygen atoms in total. The van der Waals surface area contributed by atoms with Crippen LogP contribution in [-0.2, 0) is 4.74 Å². The Morgan fingerprint density at radius 2 is 2.42 bits per heavy atom. The van der Waals surface area contributed by atoms with Gasteiger partial charge in [0.25, 0.3) is 0 Å². The summed E-state index contributed by atoms with van der Waals surface area (Å²) < 4.78 is 4.85. The van der Waals surface area contributed by atoms with Crippen molar-refractivity contribution >= 4 is 6.09 Å². The minimum Gasteiger partial charge on any atom is -0.450 e. The van der Waals surface area contributed by atoms with Crippen molar-refractivity contribution in [1.29, 1.82) is 0 Å². The standard InChI is InChI=1S/C8H16N2O2/c1-3-12-7(11)10-5-4-8(2,9)6-10/h3-6,9H2,1-2H3. The average Bonchev–Trinajstić information content (AvgIpc) is 2.31. The minimum absolute atomic E-state index is 0.229. The van der Waals surface area contributed by atoms with Gasteiger partial charge in [-0.15, -0.1) is 0 Å². The summed E-state index contributed by atoms with van der Waals surface area (Å²) in [6.45, 7) is 5.50. The number of carbonyl (C=O) groups is 1. The van der Waals surface area contributed by atoms with Crippen LogP contribution in [0.5, 0.6) is 0 Å². The molecule has 1 saturated heterocycles. The fourth-order valence-corrected chi connectivity index (χ4v) is 1.36. The van der Waals surface area contributed by atoms with Crippen molar-refractivity contribution < 1.29 is 9.53 Å². The SMILES string of the molecule is CCOC(=O)N1CCC(C)(N)C1. The summed E-state index contributed by atoms with van der Waals surface area (Å²) in [6.07, 6.45) is 0.609. The van der Waals surface area contributed by atoms with E-state index in [4.69, 9.17) is 10.5 Å².